The van der Waals surface area contributed by atoms with Crippen molar-refractivity contribution in [2.75, 3.05) is 29.0 Å². The smallest absolute Gasteiger partial charge is 0.271 e. The Balaban J connectivity index is 2.17. The molecule has 0 fully saturated rings. The lowest BCUT2D eigenvalue weighted by atomic mass is 10.2. The molecule has 0 saturated heterocycles. The van der Waals surface area contributed by atoms with E-state index in [0.717, 1.165) is 16.6 Å². The van der Waals surface area contributed by atoms with Crippen LogP contribution in [0, 0.1) is 10.1 Å². The number of nitrogens with zero attached hydrogens (tertiary/aromatic N) is 2. The van der Waals surface area contributed by atoms with Crippen LogP contribution in [0.2, 0.25) is 0 Å². The van der Waals surface area contributed by atoms with Crippen LogP contribution in [0.5, 0.6) is 5.75 Å². The highest BCUT2D eigenvalue weighted by molar-refractivity contribution is 7.92. The lowest BCUT2D eigenvalue weighted by Gasteiger charge is -2.21. The molecule has 0 atom stereocenters. The summed E-state index contributed by atoms with van der Waals surface area (Å²) in [7, 11) is -3.83. The van der Waals surface area contributed by atoms with Crippen LogP contribution in [0.3, 0.4) is 0 Å². The third-order valence-electron chi connectivity index (χ3n) is 3.47. The summed E-state index contributed by atoms with van der Waals surface area (Å²) in [5.41, 5.74) is 0.234. The van der Waals surface area contributed by atoms with Crippen molar-refractivity contribution >= 4 is 33.0 Å². The Bertz CT molecular complexity index is 928. The molecule has 0 aliphatic heterocycles. The first-order chi connectivity index (χ1) is 12.7. The lowest BCUT2D eigenvalue weighted by molar-refractivity contribution is -0.384. The van der Waals surface area contributed by atoms with E-state index in [1.807, 2.05) is 6.92 Å². The summed E-state index contributed by atoms with van der Waals surface area (Å²) >= 11 is 0. The number of rotatable bonds is 8. The standard InChI is InChI=1S/C17H19N3O6S/c1-3-26-16-9-7-13(8-10-16)18-17(21)12-19(27(2,24)25)14-5-4-6-15(11-14)20(22)23/h4-11H,3,12H2,1-2H3,(H,18,21). The molecule has 2 aromatic rings. The summed E-state index contributed by atoms with van der Waals surface area (Å²) in [6, 6.07) is 11.7. The molecule has 2 aromatic carbocycles. The molecule has 0 spiro atoms. The Hall–Kier alpha value is -3.14. The first-order valence-electron chi connectivity index (χ1n) is 7.95. The van der Waals surface area contributed by atoms with Crippen molar-refractivity contribution in [2.24, 2.45) is 0 Å². The van der Waals surface area contributed by atoms with Gasteiger partial charge in [-0.1, -0.05) is 6.07 Å². The number of hydrogen-bond acceptors (Lipinski definition) is 6. The van der Waals surface area contributed by atoms with Crippen molar-refractivity contribution in [1.82, 2.24) is 0 Å². The molecule has 144 valence electrons. The largest absolute Gasteiger partial charge is 0.494 e. The van der Waals surface area contributed by atoms with Gasteiger partial charge in [-0.3, -0.25) is 19.2 Å². The zero-order valence-corrected chi connectivity index (χ0v) is 15.6. The molecule has 0 bridgehead atoms. The molecule has 0 aliphatic rings. The fraction of sp³-hybridized carbons (Fsp3) is 0.235. The molecular formula is C17H19N3O6S. The first-order valence-corrected chi connectivity index (χ1v) is 9.80. The molecule has 1 amide bonds. The second-order valence-electron chi connectivity index (χ2n) is 5.55. The predicted molar refractivity (Wildman–Crippen MR) is 102 cm³/mol. The lowest BCUT2D eigenvalue weighted by Crippen LogP contribution is -2.37. The van der Waals surface area contributed by atoms with Crippen LogP contribution in [0.1, 0.15) is 6.92 Å². The van der Waals surface area contributed by atoms with Crippen molar-refractivity contribution in [3.63, 3.8) is 0 Å². The topological polar surface area (TPSA) is 119 Å². The minimum absolute atomic E-state index is 0.0357. The predicted octanol–water partition coefficient (Wildman–Crippen LogP) is 2.40. The van der Waals surface area contributed by atoms with Gasteiger partial charge in [0, 0.05) is 17.8 Å². The van der Waals surface area contributed by atoms with E-state index in [4.69, 9.17) is 4.74 Å². The van der Waals surface area contributed by atoms with Gasteiger partial charge >= 0.3 is 0 Å². The Morgan fingerprint density at radius 1 is 1.22 bits per heavy atom. The van der Waals surface area contributed by atoms with E-state index in [2.05, 4.69) is 5.32 Å². The van der Waals surface area contributed by atoms with Gasteiger partial charge in [0.2, 0.25) is 15.9 Å². The average Bonchev–Trinajstić information content (AvgIpc) is 2.61. The Labute approximate surface area is 156 Å². The summed E-state index contributed by atoms with van der Waals surface area (Å²) < 4.78 is 30.3. The number of non-ortho nitro benzene ring substituents is 1. The second kappa shape index (κ2) is 8.49. The molecule has 0 aromatic heterocycles. The van der Waals surface area contributed by atoms with Gasteiger partial charge in [0.25, 0.3) is 5.69 Å². The van der Waals surface area contributed by atoms with Crippen molar-refractivity contribution in [3.8, 4) is 5.75 Å². The van der Waals surface area contributed by atoms with Crippen molar-refractivity contribution in [2.45, 2.75) is 6.92 Å². The van der Waals surface area contributed by atoms with E-state index in [1.54, 1.807) is 24.3 Å². The van der Waals surface area contributed by atoms with Crippen molar-refractivity contribution in [3.05, 3.63) is 58.6 Å². The molecule has 0 heterocycles. The van der Waals surface area contributed by atoms with Gasteiger partial charge in [0.1, 0.15) is 12.3 Å². The van der Waals surface area contributed by atoms with E-state index in [0.29, 0.717) is 18.0 Å². The van der Waals surface area contributed by atoms with Crippen LogP contribution in [0.25, 0.3) is 0 Å². The van der Waals surface area contributed by atoms with Gasteiger partial charge in [-0.25, -0.2) is 8.42 Å². The maximum atomic E-state index is 12.3. The van der Waals surface area contributed by atoms with Gasteiger partial charge < -0.3 is 10.1 Å². The highest BCUT2D eigenvalue weighted by atomic mass is 32.2. The van der Waals surface area contributed by atoms with Gasteiger partial charge in [-0.05, 0) is 37.3 Å². The highest BCUT2D eigenvalue weighted by Crippen LogP contribution is 2.23. The van der Waals surface area contributed by atoms with Crippen LogP contribution in [-0.4, -0.2) is 38.7 Å². The SMILES string of the molecule is CCOc1ccc(NC(=O)CN(c2cccc([N+](=O)[O-])c2)S(C)(=O)=O)cc1. The summed E-state index contributed by atoms with van der Waals surface area (Å²) in [6.07, 6.45) is 0.927. The van der Waals surface area contributed by atoms with E-state index in [1.165, 1.54) is 18.2 Å². The average molecular weight is 393 g/mol. The monoisotopic (exact) mass is 393 g/mol. The molecule has 0 aliphatic carbocycles. The number of carbonyl (C=O) groups is 1. The van der Waals surface area contributed by atoms with E-state index in [9.17, 15) is 23.3 Å². The molecular weight excluding hydrogens is 374 g/mol. The number of hydrogen-bond donors (Lipinski definition) is 1. The quantitative estimate of drug-likeness (QED) is 0.543. The number of ether oxygens (including phenoxy) is 1. The Morgan fingerprint density at radius 2 is 1.89 bits per heavy atom. The van der Waals surface area contributed by atoms with Crippen molar-refractivity contribution in [1.29, 1.82) is 0 Å². The zero-order chi connectivity index (χ0) is 20.0. The van der Waals surface area contributed by atoms with Crippen LogP contribution in [-0.2, 0) is 14.8 Å². The summed E-state index contributed by atoms with van der Waals surface area (Å²) in [6.45, 7) is 1.84. The highest BCUT2D eigenvalue weighted by Gasteiger charge is 2.22. The van der Waals surface area contributed by atoms with Gasteiger partial charge in [-0.2, -0.15) is 0 Å². The molecule has 2 rings (SSSR count). The normalized spacial score (nSPS) is 10.9. The zero-order valence-electron chi connectivity index (χ0n) is 14.8. The molecule has 0 radical (unpaired) electrons. The van der Waals surface area contributed by atoms with Gasteiger partial charge in [-0.15, -0.1) is 0 Å². The molecule has 9 nitrogen and oxygen atoms in total. The number of carbonyl (C=O) groups excluding carboxylic acids is 1. The number of anilines is 2. The fourth-order valence-corrected chi connectivity index (χ4v) is 3.14. The van der Waals surface area contributed by atoms with Crippen LogP contribution < -0.4 is 14.4 Å². The second-order valence-corrected chi connectivity index (χ2v) is 7.46. The third-order valence-corrected chi connectivity index (χ3v) is 4.61. The molecule has 0 saturated carbocycles. The molecule has 10 heteroatoms. The number of nitro benzene ring substituents is 1. The van der Waals surface area contributed by atoms with Crippen LogP contribution >= 0.6 is 0 Å². The maximum Gasteiger partial charge on any atom is 0.271 e. The van der Waals surface area contributed by atoms with Gasteiger partial charge in [0.05, 0.1) is 23.5 Å². The first kappa shape index (κ1) is 20.2. The minimum atomic E-state index is -3.83. The molecule has 27 heavy (non-hydrogen) atoms. The number of amides is 1. The van der Waals surface area contributed by atoms with Crippen LogP contribution in [0.4, 0.5) is 17.1 Å². The van der Waals surface area contributed by atoms with E-state index < -0.39 is 27.4 Å². The Morgan fingerprint density at radius 3 is 2.44 bits per heavy atom. The van der Waals surface area contributed by atoms with E-state index in [-0.39, 0.29) is 11.4 Å². The maximum absolute atomic E-state index is 12.3. The number of nitrogens with one attached hydrogen (secondary N) is 1. The third kappa shape index (κ3) is 5.68. The minimum Gasteiger partial charge on any atom is -0.494 e. The molecule has 0 unspecified atom stereocenters. The van der Waals surface area contributed by atoms with E-state index >= 15 is 0 Å². The number of nitro groups is 1. The summed E-state index contributed by atoms with van der Waals surface area (Å²) in [5.74, 6) is 0.0564. The molecule has 1 N–H and O–H groups in total. The number of sulfonamides is 1. The number of benzene rings is 2. The summed E-state index contributed by atoms with van der Waals surface area (Å²) in [5, 5.41) is 13.5. The van der Waals surface area contributed by atoms with Crippen LogP contribution in [0.15, 0.2) is 48.5 Å². The summed E-state index contributed by atoms with van der Waals surface area (Å²) in [4.78, 5) is 22.6. The fourth-order valence-electron chi connectivity index (χ4n) is 2.29. The van der Waals surface area contributed by atoms with Gasteiger partial charge in [0.15, 0.2) is 0 Å². The Kier molecular flexibility index (Phi) is 6.35. The van der Waals surface area contributed by atoms with Crippen molar-refractivity contribution < 1.29 is 22.9 Å².